The van der Waals surface area contributed by atoms with Gasteiger partial charge in [0.2, 0.25) is 0 Å². The number of hydrogen-bond donors (Lipinski definition) is 2. The highest BCUT2D eigenvalue weighted by atomic mass is 15.1. The van der Waals surface area contributed by atoms with E-state index in [0.29, 0.717) is 6.67 Å². The summed E-state index contributed by atoms with van der Waals surface area (Å²) in [5, 5.41) is 9.99. The first-order chi connectivity index (χ1) is 15.4. The Bertz CT molecular complexity index is 1180. The molecule has 2 aromatic carbocycles. The molecule has 0 unspecified atom stereocenters. The van der Waals surface area contributed by atoms with Crippen molar-refractivity contribution in [1.29, 1.82) is 0 Å². The van der Waals surface area contributed by atoms with Crippen LogP contribution in [-0.2, 0) is 25.7 Å². The molecule has 156 valence electrons. The summed E-state index contributed by atoms with van der Waals surface area (Å²) in [6, 6.07) is 17.1. The molecule has 4 aromatic rings. The van der Waals surface area contributed by atoms with E-state index < -0.39 is 0 Å². The first kappa shape index (κ1) is 18.6. The Labute approximate surface area is 183 Å². The molecular formula is C27H28N4. The Hall–Kier alpha value is -3.14. The molecule has 4 heteroatoms. The number of pyridine rings is 2. The first-order valence-corrected chi connectivity index (χ1v) is 11.7. The zero-order valence-corrected chi connectivity index (χ0v) is 17.9. The van der Waals surface area contributed by atoms with Crippen molar-refractivity contribution < 1.29 is 0 Å². The van der Waals surface area contributed by atoms with Crippen LogP contribution in [0.2, 0.25) is 0 Å². The monoisotopic (exact) mass is 408 g/mol. The van der Waals surface area contributed by atoms with Gasteiger partial charge in [0, 0.05) is 33.5 Å². The molecule has 0 fully saturated rings. The molecule has 6 rings (SSSR count). The van der Waals surface area contributed by atoms with Crippen molar-refractivity contribution in [3.05, 3.63) is 71.0 Å². The smallest absolute Gasteiger partial charge is 0.0850 e. The molecule has 31 heavy (non-hydrogen) atoms. The lowest BCUT2D eigenvalue weighted by atomic mass is 9.92. The Morgan fingerprint density at radius 3 is 1.55 bits per heavy atom. The van der Waals surface area contributed by atoms with Gasteiger partial charge in [-0.05, 0) is 74.6 Å². The van der Waals surface area contributed by atoms with Crippen LogP contribution in [0.1, 0.15) is 48.2 Å². The van der Waals surface area contributed by atoms with E-state index in [1.54, 1.807) is 0 Å². The third-order valence-electron chi connectivity index (χ3n) is 6.87. The second-order valence-corrected chi connectivity index (χ2v) is 8.80. The lowest BCUT2D eigenvalue weighted by Crippen LogP contribution is -2.18. The average Bonchev–Trinajstić information content (AvgIpc) is 2.83. The maximum absolute atomic E-state index is 4.97. The average molecular weight is 409 g/mol. The van der Waals surface area contributed by atoms with Crippen molar-refractivity contribution >= 4 is 33.2 Å². The molecule has 0 amide bonds. The van der Waals surface area contributed by atoms with E-state index in [9.17, 15) is 0 Å². The number of anilines is 2. The van der Waals surface area contributed by atoms with Gasteiger partial charge in [0.05, 0.1) is 17.7 Å². The first-order valence-electron chi connectivity index (χ1n) is 11.7. The highest BCUT2D eigenvalue weighted by Gasteiger charge is 2.20. The van der Waals surface area contributed by atoms with Crippen LogP contribution < -0.4 is 10.6 Å². The largest absolute Gasteiger partial charge is 0.367 e. The summed E-state index contributed by atoms with van der Waals surface area (Å²) in [5.41, 5.74) is 10.1. The molecule has 0 atom stereocenters. The van der Waals surface area contributed by atoms with Crippen molar-refractivity contribution in [2.45, 2.75) is 51.4 Å². The lowest BCUT2D eigenvalue weighted by molar-refractivity contribution is 0.671. The molecule has 2 aromatic heterocycles. The summed E-state index contributed by atoms with van der Waals surface area (Å²) in [6.07, 6.45) is 9.38. The van der Waals surface area contributed by atoms with Gasteiger partial charge in [-0.15, -0.1) is 0 Å². The van der Waals surface area contributed by atoms with Gasteiger partial charge in [-0.1, -0.05) is 36.4 Å². The molecule has 4 nitrogen and oxygen atoms in total. The molecule has 2 N–H and O–H groups in total. The Balaban J connectivity index is 1.36. The predicted molar refractivity (Wildman–Crippen MR) is 129 cm³/mol. The maximum atomic E-state index is 4.97. The van der Waals surface area contributed by atoms with Gasteiger partial charge in [0.15, 0.2) is 0 Å². The summed E-state index contributed by atoms with van der Waals surface area (Å²) < 4.78 is 0. The normalized spacial score (nSPS) is 15.5. The van der Waals surface area contributed by atoms with Gasteiger partial charge in [-0.3, -0.25) is 9.97 Å². The standard InChI is InChI=1S/C27H28N4/c1-5-13-22-18(9-1)26(19-10-2-6-14-23(19)30-22)28-17-29-27-20-11-3-7-15-24(20)31-25-16-8-4-12-21(25)27/h1,3,5,7,9,11,13,15H,2,4,6,8,10,12,14,16-17H2,(H,28,30)(H,29,31). The number of fused-ring (bicyclic) bond motifs is 4. The highest BCUT2D eigenvalue weighted by molar-refractivity contribution is 5.95. The minimum absolute atomic E-state index is 0.695. The maximum Gasteiger partial charge on any atom is 0.0850 e. The second-order valence-electron chi connectivity index (χ2n) is 8.80. The van der Waals surface area contributed by atoms with Crippen LogP contribution in [-0.4, -0.2) is 16.6 Å². The quantitative estimate of drug-likeness (QED) is 0.405. The third kappa shape index (κ3) is 3.31. The minimum Gasteiger partial charge on any atom is -0.367 e. The van der Waals surface area contributed by atoms with Gasteiger partial charge in [0.25, 0.3) is 0 Å². The molecule has 0 spiro atoms. The fourth-order valence-corrected chi connectivity index (χ4v) is 5.37. The zero-order valence-electron chi connectivity index (χ0n) is 17.9. The topological polar surface area (TPSA) is 49.8 Å². The van der Waals surface area contributed by atoms with E-state index in [4.69, 9.17) is 9.97 Å². The number of aryl methyl sites for hydroxylation is 2. The van der Waals surface area contributed by atoms with Gasteiger partial charge < -0.3 is 10.6 Å². The number of rotatable bonds is 4. The molecular weight excluding hydrogens is 380 g/mol. The Morgan fingerprint density at radius 1 is 0.581 bits per heavy atom. The van der Waals surface area contributed by atoms with E-state index in [0.717, 1.165) is 36.7 Å². The summed E-state index contributed by atoms with van der Waals surface area (Å²) in [4.78, 5) is 9.95. The molecule has 0 radical (unpaired) electrons. The van der Waals surface area contributed by atoms with E-state index in [1.807, 2.05) is 0 Å². The van der Waals surface area contributed by atoms with Crippen molar-refractivity contribution in [2.24, 2.45) is 0 Å². The van der Waals surface area contributed by atoms with E-state index in [1.165, 1.54) is 70.3 Å². The Kier molecular flexibility index (Phi) is 4.71. The minimum atomic E-state index is 0.695. The summed E-state index contributed by atoms with van der Waals surface area (Å²) in [7, 11) is 0. The van der Waals surface area contributed by atoms with Crippen LogP contribution >= 0.6 is 0 Å². The van der Waals surface area contributed by atoms with Crippen LogP contribution in [0.15, 0.2) is 48.5 Å². The zero-order chi connectivity index (χ0) is 20.6. The third-order valence-corrected chi connectivity index (χ3v) is 6.87. The molecule has 2 aliphatic rings. The van der Waals surface area contributed by atoms with Crippen LogP contribution in [0, 0.1) is 0 Å². The molecule has 2 heterocycles. The van der Waals surface area contributed by atoms with E-state index in [2.05, 4.69) is 59.2 Å². The van der Waals surface area contributed by atoms with Crippen molar-refractivity contribution in [3.8, 4) is 0 Å². The second kappa shape index (κ2) is 7.84. The van der Waals surface area contributed by atoms with Crippen LogP contribution in [0.4, 0.5) is 11.4 Å². The van der Waals surface area contributed by atoms with E-state index >= 15 is 0 Å². The fraction of sp³-hybridized carbons (Fsp3) is 0.333. The summed E-state index contributed by atoms with van der Waals surface area (Å²) >= 11 is 0. The van der Waals surface area contributed by atoms with Crippen LogP contribution in [0.3, 0.4) is 0 Å². The molecule has 2 aliphatic carbocycles. The SMILES string of the molecule is c1ccc2c(NCNc3c4c(nc5ccccc35)CCCC4)c3c(nc2c1)CCCC3. The molecule has 0 bridgehead atoms. The number of nitrogens with one attached hydrogen (secondary N) is 2. The fourth-order valence-electron chi connectivity index (χ4n) is 5.37. The lowest BCUT2D eigenvalue weighted by Gasteiger charge is -2.24. The van der Waals surface area contributed by atoms with Gasteiger partial charge in [-0.25, -0.2) is 0 Å². The highest BCUT2D eigenvalue weighted by Crippen LogP contribution is 2.35. The number of hydrogen-bond acceptors (Lipinski definition) is 4. The molecule has 0 saturated heterocycles. The summed E-state index contributed by atoms with van der Waals surface area (Å²) in [6.45, 7) is 0.695. The van der Waals surface area contributed by atoms with Crippen LogP contribution in [0.25, 0.3) is 21.8 Å². The van der Waals surface area contributed by atoms with Crippen molar-refractivity contribution in [1.82, 2.24) is 9.97 Å². The number of benzene rings is 2. The van der Waals surface area contributed by atoms with Gasteiger partial charge in [0.1, 0.15) is 0 Å². The van der Waals surface area contributed by atoms with Gasteiger partial charge in [-0.2, -0.15) is 0 Å². The number of para-hydroxylation sites is 2. The van der Waals surface area contributed by atoms with Crippen molar-refractivity contribution in [3.63, 3.8) is 0 Å². The molecule has 0 aliphatic heterocycles. The van der Waals surface area contributed by atoms with Crippen LogP contribution in [0.5, 0.6) is 0 Å². The summed E-state index contributed by atoms with van der Waals surface area (Å²) in [5.74, 6) is 0. The van der Waals surface area contributed by atoms with Gasteiger partial charge >= 0.3 is 0 Å². The van der Waals surface area contributed by atoms with Crippen molar-refractivity contribution in [2.75, 3.05) is 17.3 Å². The number of aromatic nitrogens is 2. The Morgan fingerprint density at radius 2 is 1.03 bits per heavy atom. The predicted octanol–water partition coefficient (Wildman–Crippen LogP) is 6.02. The number of nitrogens with zero attached hydrogens (tertiary/aromatic N) is 2. The molecule has 0 saturated carbocycles. The van der Waals surface area contributed by atoms with E-state index in [-0.39, 0.29) is 0 Å².